The van der Waals surface area contributed by atoms with Gasteiger partial charge >= 0.3 is 0 Å². The van der Waals surface area contributed by atoms with E-state index in [-0.39, 0.29) is 0 Å². The first kappa shape index (κ1) is 6.11. The van der Waals surface area contributed by atoms with Crippen molar-refractivity contribution in [1.82, 2.24) is 14.6 Å². The van der Waals surface area contributed by atoms with Gasteiger partial charge in [0.05, 0.1) is 6.20 Å². The van der Waals surface area contributed by atoms with Gasteiger partial charge in [-0.3, -0.25) is 0 Å². The highest BCUT2D eigenvalue weighted by Crippen LogP contribution is 2.05. The van der Waals surface area contributed by atoms with Crippen LogP contribution in [-0.2, 0) is 0 Å². The second-order valence-electron chi connectivity index (χ2n) is 2.08. The second-order valence-corrected chi connectivity index (χ2v) is 2.08. The fourth-order valence-corrected chi connectivity index (χ4v) is 0.944. The van der Waals surface area contributed by atoms with E-state index in [1.54, 1.807) is 29.0 Å². The first-order valence-electron chi connectivity index (χ1n) is 3.17. The van der Waals surface area contributed by atoms with Crippen molar-refractivity contribution < 1.29 is 0 Å². The maximum absolute atomic E-state index is 5.24. The zero-order valence-corrected chi connectivity index (χ0v) is 5.73. The average molecular weight is 149 g/mol. The van der Waals surface area contributed by atoms with E-state index in [0.717, 1.165) is 11.5 Å². The first-order valence-corrected chi connectivity index (χ1v) is 3.17. The summed E-state index contributed by atoms with van der Waals surface area (Å²) in [5.74, 6) is 5.96. The Kier molecular flexibility index (Phi) is 1.23. The number of nitrogens with zero attached hydrogens (tertiary/aromatic N) is 3. The van der Waals surface area contributed by atoms with Gasteiger partial charge in [0, 0.05) is 18.3 Å². The number of hydrogen-bond donors (Lipinski definition) is 2. The summed E-state index contributed by atoms with van der Waals surface area (Å²) < 4.78 is 1.62. The van der Waals surface area contributed by atoms with Crippen molar-refractivity contribution in [2.45, 2.75) is 0 Å². The van der Waals surface area contributed by atoms with Crippen molar-refractivity contribution in [3.8, 4) is 0 Å². The van der Waals surface area contributed by atoms with Crippen LogP contribution in [0.5, 0.6) is 0 Å². The van der Waals surface area contributed by atoms with Gasteiger partial charge in [-0.15, -0.1) is 0 Å². The summed E-state index contributed by atoms with van der Waals surface area (Å²) in [5, 5.41) is 4.00. The topological polar surface area (TPSA) is 68.2 Å². The molecule has 0 unspecified atom stereocenters. The van der Waals surface area contributed by atoms with E-state index in [1.807, 2.05) is 0 Å². The molecule has 0 amide bonds. The fourth-order valence-electron chi connectivity index (χ4n) is 0.944. The van der Waals surface area contributed by atoms with Crippen molar-refractivity contribution >= 4 is 11.5 Å². The third-order valence-corrected chi connectivity index (χ3v) is 1.44. The molecule has 0 aliphatic carbocycles. The molecule has 5 nitrogen and oxygen atoms in total. The molecule has 0 aliphatic heterocycles. The van der Waals surface area contributed by atoms with Crippen molar-refractivity contribution in [3.05, 3.63) is 24.5 Å². The molecular formula is C6H7N5. The van der Waals surface area contributed by atoms with Crippen LogP contribution in [0.15, 0.2) is 24.5 Å². The first-order chi connectivity index (χ1) is 5.42. The third kappa shape index (κ3) is 0.821. The summed E-state index contributed by atoms with van der Waals surface area (Å²) in [7, 11) is 0. The smallest absolute Gasteiger partial charge is 0.157 e. The van der Waals surface area contributed by atoms with Crippen LogP contribution < -0.4 is 11.3 Å². The van der Waals surface area contributed by atoms with Crippen molar-refractivity contribution in [1.29, 1.82) is 0 Å². The van der Waals surface area contributed by atoms with Gasteiger partial charge in [-0.05, 0) is 0 Å². The molecular weight excluding hydrogens is 142 g/mol. The Morgan fingerprint density at radius 3 is 3.09 bits per heavy atom. The number of hydrogen-bond acceptors (Lipinski definition) is 4. The number of rotatable bonds is 1. The minimum Gasteiger partial charge on any atom is -0.308 e. The molecule has 56 valence electrons. The van der Waals surface area contributed by atoms with Crippen molar-refractivity contribution in [3.63, 3.8) is 0 Å². The molecule has 0 saturated heterocycles. The van der Waals surface area contributed by atoms with Crippen LogP contribution in [0, 0.1) is 0 Å². The second kappa shape index (κ2) is 2.21. The predicted molar refractivity (Wildman–Crippen MR) is 40.8 cm³/mol. The van der Waals surface area contributed by atoms with Crippen LogP contribution in [0.3, 0.4) is 0 Å². The lowest BCUT2D eigenvalue weighted by Crippen LogP contribution is -2.11. The summed E-state index contributed by atoms with van der Waals surface area (Å²) in [6.07, 6.45) is 3.34. The molecule has 0 aliphatic rings. The number of anilines is 1. The lowest BCUT2D eigenvalue weighted by molar-refractivity contribution is 0.936. The Balaban J connectivity index is 2.79. The zero-order valence-electron chi connectivity index (χ0n) is 5.73. The summed E-state index contributed by atoms with van der Waals surface area (Å²) in [5.41, 5.74) is 3.29. The lowest BCUT2D eigenvalue weighted by Gasteiger charge is -2.00. The molecule has 2 heterocycles. The van der Waals surface area contributed by atoms with Crippen LogP contribution in [0.2, 0.25) is 0 Å². The standard InChI is InChI=1S/C6H7N5/c7-10-6-1-3-8-5-2-4-9-11(5)6/h1-4,10H,7H2. The van der Waals surface area contributed by atoms with E-state index in [9.17, 15) is 0 Å². The Hall–Kier alpha value is -1.62. The summed E-state index contributed by atoms with van der Waals surface area (Å²) >= 11 is 0. The average Bonchev–Trinajstić information content (AvgIpc) is 2.50. The summed E-state index contributed by atoms with van der Waals surface area (Å²) in [6.45, 7) is 0. The van der Waals surface area contributed by atoms with Gasteiger partial charge in [-0.25, -0.2) is 10.8 Å². The molecule has 0 atom stereocenters. The minimum atomic E-state index is 0.722. The fraction of sp³-hybridized carbons (Fsp3) is 0. The highest BCUT2D eigenvalue weighted by atomic mass is 15.4. The largest absolute Gasteiger partial charge is 0.308 e. The molecule has 11 heavy (non-hydrogen) atoms. The molecule has 0 saturated carbocycles. The SMILES string of the molecule is NNc1ccnc2ccnn12. The summed E-state index contributed by atoms with van der Waals surface area (Å²) in [6, 6.07) is 3.56. The van der Waals surface area contributed by atoms with Gasteiger partial charge < -0.3 is 5.43 Å². The van der Waals surface area contributed by atoms with Crippen LogP contribution in [-0.4, -0.2) is 14.6 Å². The van der Waals surface area contributed by atoms with E-state index >= 15 is 0 Å². The molecule has 0 fully saturated rings. The number of nitrogens with one attached hydrogen (secondary N) is 1. The summed E-state index contributed by atoms with van der Waals surface area (Å²) in [4.78, 5) is 4.05. The molecule has 0 radical (unpaired) electrons. The van der Waals surface area contributed by atoms with Gasteiger partial charge in [0.15, 0.2) is 5.65 Å². The van der Waals surface area contributed by atoms with Crippen LogP contribution in [0.25, 0.3) is 5.65 Å². The normalized spacial score (nSPS) is 10.3. The highest BCUT2D eigenvalue weighted by Gasteiger charge is 1.97. The Bertz CT molecular complexity index is 366. The van der Waals surface area contributed by atoms with Gasteiger partial charge in [0.1, 0.15) is 5.82 Å². The van der Waals surface area contributed by atoms with Crippen LogP contribution in [0.1, 0.15) is 0 Å². The molecule has 2 rings (SSSR count). The highest BCUT2D eigenvalue weighted by molar-refractivity contribution is 5.45. The van der Waals surface area contributed by atoms with Crippen LogP contribution >= 0.6 is 0 Å². The maximum Gasteiger partial charge on any atom is 0.157 e. The van der Waals surface area contributed by atoms with Crippen LogP contribution in [0.4, 0.5) is 5.82 Å². The molecule has 0 aromatic carbocycles. The van der Waals surface area contributed by atoms with E-state index in [0.29, 0.717) is 0 Å². The van der Waals surface area contributed by atoms with Gasteiger partial charge in [-0.1, -0.05) is 0 Å². The zero-order chi connectivity index (χ0) is 7.68. The number of fused-ring (bicyclic) bond motifs is 1. The Morgan fingerprint density at radius 1 is 1.36 bits per heavy atom. The number of nitrogen functional groups attached to an aromatic ring is 1. The molecule has 5 heteroatoms. The van der Waals surface area contributed by atoms with E-state index in [2.05, 4.69) is 15.5 Å². The molecule has 3 N–H and O–H groups in total. The maximum atomic E-state index is 5.24. The van der Waals surface area contributed by atoms with Crippen molar-refractivity contribution in [2.75, 3.05) is 5.43 Å². The van der Waals surface area contributed by atoms with Gasteiger partial charge in [0.2, 0.25) is 0 Å². The van der Waals surface area contributed by atoms with Gasteiger partial charge in [-0.2, -0.15) is 9.61 Å². The number of nitrogens with two attached hydrogens (primary N) is 1. The van der Waals surface area contributed by atoms with E-state index < -0.39 is 0 Å². The predicted octanol–water partition coefficient (Wildman–Crippen LogP) is 0.0149. The Morgan fingerprint density at radius 2 is 2.27 bits per heavy atom. The van der Waals surface area contributed by atoms with Crippen molar-refractivity contribution in [2.24, 2.45) is 5.84 Å². The molecule has 0 spiro atoms. The molecule has 2 aromatic heterocycles. The van der Waals surface area contributed by atoms with E-state index in [4.69, 9.17) is 5.84 Å². The number of aromatic nitrogens is 3. The quantitative estimate of drug-likeness (QED) is 0.443. The molecule has 0 bridgehead atoms. The lowest BCUT2D eigenvalue weighted by atomic mass is 10.5. The van der Waals surface area contributed by atoms with E-state index in [1.165, 1.54) is 0 Å². The monoisotopic (exact) mass is 149 g/mol. The Labute approximate surface area is 62.8 Å². The number of hydrazine groups is 1. The minimum absolute atomic E-state index is 0.722. The third-order valence-electron chi connectivity index (χ3n) is 1.44. The van der Waals surface area contributed by atoms with Gasteiger partial charge in [0.25, 0.3) is 0 Å². The molecule has 2 aromatic rings.